The zero-order valence-corrected chi connectivity index (χ0v) is 14.1. The molecule has 2 unspecified atom stereocenters. The molecule has 2 aromatic rings. The number of Topliss-reactive ketones (excluding diaryl/α,β-unsaturated/α-hetero) is 1. The molecular weight excluding hydrogens is 340 g/mol. The molecule has 26 heavy (non-hydrogen) atoms. The number of ether oxygens (including phenoxy) is 1. The smallest absolute Gasteiger partial charge is 0.316 e. The van der Waals surface area contributed by atoms with E-state index in [-0.39, 0.29) is 17.9 Å². The molecule has 4 nitrogen and oxygen atoms in total. The van der Waals surface area contributed by atoms with Gasteiger partial charge in [0.25, 0.3) is 0 Å². The Labute approximate surface area is 149 Å². The largest absolute Gasteiger partial charge is 0.468 e. The van der Waals surface area contributed by atoms with Crippen molar-refractivity contribution in [1.29, 1.82) is 0 Å². The first-order valence-electron chi connectivity index (χ1n) is 8.16. The number of aliphatic imine (C=N–C) groups is 1. The van der Waals surface area contributed by atoms with Gasteiger partial charge in [-0.05, 0) is 24.1 Å². The fraction of sp³-hybridized carbons (Fsp3) is 0.250. The summed E-state index contributed by atoms with van der Waals surface area (Å²) in [5.74, 6) is -3.75. The Morgan fingerprint density at radius 1 is 1.15 bits per heavy atom. The molecule has 0 aromatic heterocycles. The number of rotatable bonds is 3. The molecular formula is C20H17F2NO3. The lowest BCUT2D eigenvalue weighted by Crippen LogP contribution is -2.38. The van der Waals surface area contributed by atoms with Gasteiger partial charge in [0.2, 0.25) is 0 Å². The van der Waals surface area contributed by atoms with E-state index in [4.69, 9.17) is 4.74 Å². The van der Waals surface area contributed by atoms with Crippen LogP contribution in [0.4, 0.5) is 14.5 Å². The highest BCUT2D eigenvalue weighted by molar-refractivity contribution is 6.13. The number of nitrogens with zero attached hydrogens (tertiary/aromatic N) is 1. The molecule has 2 atom stereocenters. The maximum atomic E-state index is 13.9. The number of hydrogen-bond acceptors (Lipinski definition) is 4. The first kappa shape index (κ1) is 17.9. The highest BCUT2D eigenvalue weighted by atomic mass is 19.1. The van der Waals surface area contributed by atoms with Gasteiger partial charge in [-0.2, -0.15) is 0 Å². The first-order chi connectivity index (χ1) is 12.5. The zero-order chi connectivity index (χ0) is 18.7. The van der Waals surface area contributed by atoms with Crippen molar-refractivity contribution in [2.24, 2.45) is 10.9 Å². The van der Waals surface area contributed by atoms with Crippen molar-refractivity contribution >= 4 is 23.2 Å². The SMILES string of the molecule is COC(=O)C1C(=O)CC(=Nc2ccc(F)cc2F)CC1c1ccccc1. The first-order valence-corrected chi connectivity index (χ1v) is 8.16. The van der Waals surface area contributed by atoms with Crippen LogP contribution in [0.5, 0.6) is 0 Å². The second-order valence-corrected chi connectivity index (χ2v) is 6.14. The Kier molecular flexibility index (Phi) is 5.21. The van der Waals surface area contributed by atoms with E-state index < -0.39 is 29.4 Å². The summed E-state index contributed by atoms with van der Waals surface area (Å²) in [6.45, 7) is 0. The van der Waals surface area contributed by atoms with Gasteiger partial charge in [0.1, 0.15) is 11.7 Å². The molecule has 1 fully saturated rings. The van der Waals surface area contributed by atoms with E-state index in [0.29, 0.717) is 12.1 Å². The second kappa shape index (κ2) is 7.56. The molecule has 1 saturated carbocycles. The fourth-order valence-corrected chi connectivity index (χ4v) is 3.24. The number of hydrogen-bond donors (Lipinski definition) is 0. The van der Waals surface area contributed by atoms with Gasteiger partial charge in [0, 0.05) is 24.1 Å². The maximum absolute atomic E-state index is 13.9. The van der Waals surface area contributed by atoms with Gasteiger partial charge >= 0.3 is 5.97 Å². The molecule has 0 aliphatic heterocycles. The third-order valence-electron chi connectivity index (χ3n) is 4.45. The molecule has 3 rings (SSSR count). The standard InChI is InChI=1S/C20H17F2NO3/c1-26-20(25)19-15(12-5-3-2-4-6-12)10-14(11-18(19)24)23-17-8-7-13(21)9-16(17)22/h2-9,15,19H,10-11H2,1H3. The van der Waals surface area contributed by atoms with E-state index in [1.807, 2.05) is 30.3 Å². The molecule has 0 spiro atoms. The number of carbonyl (C=O) groups excluding carboxylic acids is 2. The van der Waals surface area contributed by atoms with E-state index in [1.54, 1.807) is 0 Å². The van der Waals surface area contributed by atoms with Crippen molar-refractivity contribution in [3.63, 3.8) is 0 Å². The predicted molar refractivity (Wildman–Crippen MR) is 92.4 cm³/mol. The van der Waals surface area contributed by atoms with Crippen LogP contribution in [-0.4, -0.2) is 24.6 Å². The molecule has 1 aliphatic rings. The van der Waals surface area contributed by atoms with Crippen molar-refractivity contribution in [2.45, 2.75) is 18.8 Å². The number of benzene rings is 2. The number of carbonyl (C=O) groups is 2. The predicted octanol–water partition coefficient (Wildman–Crippen LogP) is 3.97. The van der Waals surface area contributed by atoms with Crippen molar-refractivity contribution in [3.05, 3.63) is 65.7 Å². The van der Waals surface area contributed by atoms with Crippen molar-refractivity contribution in [3.8, 4) is 0 Å². The minimum absolute atomic E-state index is 0.0301. The minimum Gasteiger partial charge on any atom is -0.468 e. The molecule has 0 N–H and O–H groups in total. The van der Waals surface area contributed by atoms with E-state index >= 15 is 0 Å². The second-order valence-electron chi connectivity index (χ2n) is 6.14. The number of methoxy groups -OCH3 is 1. The third-order valence-corrected chi connectivity index (χ3v) is 4.45. The number of ketones is 1. The lowest BCUT2D eigenvalue weighted by atomic mass is 9.74. The Morgan fingerprint density at radius 3 is 2.54 bits per heavy atom. The van der Waals surface area contributed by atoms with Crippen LogP contribution in [0.25, 0.3) is 0 Å². The summed E-state index contributed by atoms with van der Waals surface area (Å²) in [6, 6.07) is 12.2. The van der Waals surface area contributed by atoms with E-state index in [9.17, 15) is 18.4 Å². The molecule has 6 heteroatoms. The van der Waals surface area contributed by atoms with E-state index in [0.717, 1.165) is 17.7 Å². The third kappa shape index (κ3) is 3.69. The van der Waals surface area contributed by atoms with E-state index in [1.165, 1.54) is 13.2 Å². The highest BCUT2D eigenvalue weighted by Gasteiger charge is 2.41. The van der Waals surface area contributed by atoms with Crippen LogP contribution >= 0.6 is 0 Å². The molecule has 0 radical (unpaired) electrons. The molecule has 0 bridgehead atoms. The van der Waals surface area contributed by atoms with Crippen LogP contribution in [0, 0.1) is 17.6 Å². The number of halogens is 2. The van der Waals surface area contributed by atoms with Crippen LogP contribution < -0.4 is 0 Å². The average molecular weight is 357 g/mol. The summed E-state index contributed by atoms with van der Waals surface area (Å²) >= 11 is 0. The van der Waals surface area contributed by atoms with Crippen molar-refractivity contribution < 1.29 is 23.1 Å². The fourth-order valence-electron chi connectivity index (χ4n) is 3.24. The Hall–Kier alpha value is -2.89. The summed E-state index contributed by atoms with van der Waals surface area (Å²) in [6.07, 6.45) is 0.242. The van der Waals surface area contributed by atoms with Crippen LogP contribution in [0.1, 0.15) is 24.3 Å². The zero-order valence-electron chi connectivity index (χ0n) is 14.1. The monoisotopic (exact) mass is 357 g/mol. The lowest BCUT2D eigenvalue weighted by Gasteiger charge is -2.29. The van der Waals surface area contributed by atoms with Crippen LogP contribution in [-0.2, 0) is 14.3 Å². The quantitative estimate of drug-likeness (QED) is 0.617. The van der Waals surface area contributed by atoms with Gasteiger partial charge in [-0.25, -0.2) is 8.78 Å². The molecule has 0 amide bonds. The van der Waals surface area contributed by atoms with Crippen LogP contribution in [0.15, 0.2) is 53.5 Å². The summed E-state index contributed by atoms with van der Waals surface area (Å²) in [7, 11) is 1.25. The van der Waals surface area contributed by atoms with Gasteiger partial charge in [-0.15, -0.1) is 0 Å². The minimum atomic E-state index is -0.917. The Morgan fingerprint density at radius 2 is 1.88 bits per heavy atom. The number of esters is 1. The van der Waals surface area contributed by atoms with Crippen LogP contribution in [0.3, 0.4) is 0 Å². The topological polar surface area (TPSA) is 55.7 Å². The van der Waals surface area contributed by atoms with Gasteiger partial charge in [0.05, 0.1) is 12.8 Å². The van der Waals surface area contributed by atoms with Crippen molar-refractivity contribution in [2.75, 3.05) is 7.11 Å². The summed E-state index contributed by atoms with van der Waals surface area (Å²) < 4.78 is 31.7. The van der Waals surface area contributed by atoms with Gasteiger partial charge in [-0.1, -0.05) is 30.3 Å². The lowest BCUT2D eigenvalue weighted by molar-refractivity contribution is -0.150. The maximum Gasteiger partial charge on any atom is 0.316 e. The molecule has 2 aromatic carbocycles. The molecule has 1 aliphatic carbocycles. The van der Waals surface area contributed by atoms with E-state index in [2.05, 4.69) is 4.99 Å². The Bertz CT molecular complexity index is 865. The average Bonchev–Trinajstić information content (AvgIpc) is 2.64. The van der Waals surface area contributed by atoms with Gasteiger partial charge in [-0.3, -0.25) is 14.6 Å². The summed E-state index contributed by atoms with van der Waals surface area (Å²) in [5, 5.41) is 0. The van der Waals surface area contributed by atoms with Crippen LogP contribution in [0.2, 0.25) is 0 Å². The normalized spacial score (nSPS) is 21.7. The molecule has 134 valence electrons. The van der Waals surface area contributed by atoms with Crippen molar-refractivity contribution in [1.82, 2.24) is 0 Å². The Balaban J connectivity index is 1.98. The highest BCUT2D eigenvalue weighted by Crippen LogP contribution is 2.36. The summed E-state index contributed by atoms with van der Waals surface area (Å²) in [4.78, 5) is 28.9. The molecule has 0 heterocycles. The van der Waals surface area contributed by atoms with Gasteiger partial charge < -0.3 is 4.74 Å². The summed E-state index contributed by atoms with van der Waals surface area (Å²) in [5.41, 5.74) is 1.23. The molecule has 0 saturated heterocycles. The van der Waals surface area contributed by atoms with Gasteiger partial charge in [0.15, 0.2) is 11.6 Å².